The fourth-order valence-electron chi connectivity index (χ4n) is 2.24. The second-order valence-electron chi connectivity index (χ2n) is 5.65. The van der Waals surface area contributed by atoms with Crippen LogP contribution in [0.15, 0.2) is 49.1 Å². The molecule has 2 aromatic rings. The standard InChI is InChI=1S/C18H22N4O2/c1-15(23)22(13-17-5-10-20-11-6-17)14-18(24)21(2)12-7-16-3-8-19-9-4-16/h3-6,8-11H,7,12-14H2,1-2H3. The summed E-state index contributed by atoms with van der Waals surface area (Å²) in [5, 5.41) is 0. The smallest absolute Gasteiger partial charge is 0.241 e. The number of amides is 2. The Labute approximate surface area is 142 Å². The first-order valence-corrected chi connectivity index (χ1v) is 7.83. The average molecular weight is 326 g/mol. The third-order valence-electron chi connectivity index (χ3n) is 3.81. The van der Waals surface area contributed by atoms with Crippen molar-refractivity contribution in [1.82, 2.24) is 19.8 Å². The molecule has 0 atom stereocenters. The lowest BCUT2D eigenvalue weighted by molar-refractivity contribution is -0.139. The summed E-state index contributed by atoms with van der Waals surface area (Å²) in [6, 6.07) is 7.55. The normalized spacial score (nSPS) is 10.2. The number of nitrogens with zero attached hydrogens (tertiary/aromatic N) is 4. The van der Waals surface area contributed by atoms with Crippen LogP contribution >= 0.6 is 0 Å². The van der Waals surface area contributed by atoms with Gasteiger partial charge in [0.25, 0.3) is 0 Å². The molecule has 0 unspecified atom stereocenters. The van der Waals surface area contributed by atoms with Crippen molar-refractivity contribution in [2.24, 2.45) is 0 Å². The largest absolute Gasteiger partial charge is 0.344 e. The maximum absolute atomic E-state index is 12.4. The van der Waals surface area contributed by atoms with Gasteiger partial charge in [-0.1, -0.05) is 0 Å². The topological polar surface area (TPSA) is 66.4 Å². The van der Waals surface area contributed by atoms with Gasteiger partial charge < -0.3 is 9.80 Å². The highest BCUT2D eigenvalue weighted by Crippen LogP contribution is 2.05. The van der Waals surface area contributed by atoms with Crippen molar-refractivity contribution in [1.29, 1.82) is 0 Å². The van der Waals surface area contributed by atoms with Crippen molar-refractivity contribution in [3.63, 3.8) is 0 Å². The fourth-order valence-corrected chi connectivity index (χ4v) is 2.24. The number of rotatable bonds is 7. The molecular weight excluding hydrogens is 304 g/mol. The van der Waals surface area contributed by atoms with Gasteiger partial charge in [0.05, 0.1) is 0 Å². The third-order valence-corrected chi connectivity index (χ3v) is 3.81. The molecule has 126 valence electrons. The SMILES string of the molecule is CC(=O)N(CC(=O)N(C)CCc1ccncc1)Cc1ccncc1. The molecule has 0 N–H and O–H groups in total. The van der Waals surface area contributed by atoms with E-state index in [2.05, 4.69) is 9.97 Å². The van der Waals surface area contributed by atoms with Gasteiger partial charge in [-0.2, -0.15) is 0 Å². The zero-order chi connectivity index (χ0) is 17.4. The molecule has 0 saturated heterocycles. The lowest BCUT2D eigenvalue weighted by Crippen LogP contribution is -2.40. The van der Waals surface area contributed by atoms with Crippen molar-refractivity contribution >= 4 is 11.8 Å². The molecule has 2 heterocycles. The maximum Gasteiger partial charge on any atom is 0.241 e. The lowest BCUT2D eigenvalue weighted by Gasteiger charge is -2.24. The van der Waals surface area contributed by atoms with Crippen molar-refractivity contribution in [3.8, 4) is 0 Å². The molecule has 6 heteroatoms. The van der Waals surface area contributed by atoms with Gasteiger partial charge in [0.15, 0.2) is 0 Å². The van der Waals surface area contributed by atoms with Crippen molar-refractivity contribution in [2.75, 3.05) is 20.1 Å². The molecule has 0 aliphatic heterocycles. The number of hydrogen-bond acceptors (Lipinski definition) is 4. The van der Waals surface area contributed by atoms with Crippen LogP contribution in [0.5, 0.6) is 0 Å². The summed E-state index contributed by atoms with van der Waals surface area (Å²) >= 11 is 0. The van der Waals surface area contributed by atoms with E-state index in [1.54, 1.807) is 41.6 Å². The van der Waals surface area contributed by atoms with Crippen molar-refractivity contribution in [3.05, 3.63) is 60.2 Å². The summed E-state index contributed by atoms with van der Waals surface area (Å²) in [5.41, 5.74) is 2.08. The molecule has 0 radical (unpaired) electrons. The molecule has 0 aromatic carbocycles. The summed E-state index contributed by atoms with van der Waals surface area (Å²) in [7, 11) is 1.76. The van der Waals surface area contributed by atoms with Gasteiger partial charge in [-0.15, -0.1) is 0 Å². The Morgan fingerprint density at radius 1 is 0.958 bits per heavy atom. The predicted octanol–water partition coefficient (Wildman–Crippen LogP) is 1.53. The van der Waals surface area contributed by atoms with Gasteiger partial charge in [0, 0.05) is 51.8 Å². The molecule has 2 amide bonds. The van der Waals surface area contributed by atoms with Crippen LogP contribution in [-0.2, 0) is 22.6 Å². The molecule has 0 spiro atoms. The molecule has 6 nitrogen and oxygen atoms in total. The average Bonchev–Trinajstić information content (AvgIpc) is 2.60. The molecule has 2 rings (SSSR count). The van der Waals surface area contributed by atoms with E-state index in [9.17, 15) is 9.59 Å². The molecular formula is C18H22N4O2. The van der Waals surface area contributed by atoms with E-state index >= 15 is 0 Å². The minimum atomic E-state index is -0.123. The second-order valence-corrected chi connectivity index (χ2v) is 5.65. The second kappa shape index (κ2) is 8.76. The highest BCUT2D eigenvalue weighted by Gasteiger charge is 2.17. The van der Waals surface area contributed by atoms with E-state index in [0.29, 0.717) is 13.1 Å². The minimum absolute atomic E-state index is 0.0739. The van der Waals surface area contributed by atoms with Crippen LogP contribution in [0.2, 0.25) is 0 Å². The first-order valence-electron chi connectivity index (χ1n) is 7.83. The fraction of sp³-hybridized carbons (Fsp3) is 0.333. The lowest BCUT2D eigenvalue weighted by atomic mass is 10.2. The number of carbonyl (C=O) groups is 2. The maximum atomic E-state index is 12.4. The van der Waals surface area contributed by atoms with Gasteiger partial charge in [0.2, 0.25) is 11.8 Å². The van der Waals surface area contributed by atoms with Crippen molar-refractivity contribution < 1.29 is 9.59 Å². The highest BCUT2D eigenvalue weighted by molar-refractivity contribution is 5.83. The first kappa shape index (κ1) is 17.6. The van der Waals surface area contributed by atoms with Gasteiger partial charge in [-0.3, -0.25) is 19.6 Å². The van der Waals surface area contributed by atoms with E-state index < -0.39 is 0 Å². The molecule has 0 bridgehead atoms. The zero-order valence-electron chi connectivity index (χ0n) is 14.1. The molecule has 0 aliphatic rings. The molecule has 2 aromatic heterocycles. The monoisotopic (exact) mass is 326 g/mol. The zero-order valence-corrected chi connectivity index (χ0v) is 14.1. The van der Waals surface area contributed by atoms with Gasteiger partial charge >= 0.3 is 0 Å². The Bertz CT molecular complexity index is 661. The Kier molecular flexibility index (Phi) is 6.42. The van der Waals surface area contributed by atoms with Crippen LogP contribution in [0.25, 0.3) is 0 Å². The summed E-state index contributed by atoms with van der Waals surface area (Å²) in [4.78, 5) is 35.3. The third kappa shape index (κ3) is 5.46. The van der Waals surface area contributed by atoms with Crippen LogP contribution in [0.1, 0.15) is 18.1 Å². The van der Waals surface area contributed by atoms with E-state index in [-0.39, 0.29) is 18.4 Å². The Morgan fingerprint density at radius 3 is 2.04 bits per heavy atom. The van der Waals surface area contributed by atoms with Crippen LogP contribution in [-0.4, -0.2) is 51.7 Å². The van der Waals surface area contributed by atoms with Crippen LogP contribution in [0, 0.1) is 0 Å². The molecule has 0 saturated carbocycles. The summed E-state index contributed by atoms with van der Waals surface area (Å²) in [6.07, 6.45) is 7.59. The molecule has 24 heavy (non-hydrogen) atoms. The number of hydrogen-bond donors (Lipinski definition) is 0. The molecule has 0 aliphatic carbocycles. The summed E-state index contributed by atoms with van der Waals surface area (Å²) in [6.45, 7) is 2.56. The number of carbonyl (C=O) groups excluding carboxylic acids is 2. The molecule has 0 fully saturated rings. The van der Waals surface area contributed by atoms with Crippen molar-refractivity contribution in [2.45, 2.75) is 19.9 Å². The van der Waals surface area contributed by atoms with E-state index in [1.807, 2.05) is 24.3 Å². The van der Waals surface area contributed by atoms with Crippen LogP contribution in [0.4, 0.5) is 0 Å². The predicted molar refractivity (Wildman–Crippen MR) is 90.9 cm³/mol. The van der Waals surface area contributed by atoms with Gasteiger partial charge in [0.1, 0.15) is 6.54 Å². The number of likely N-dealkylation sites (N-methyl/N-ethyl adjacent to an activating group) is 1. The van der Waals surface area contributed by atoms with Crippen LogP contribution in [0.3, 0.4) is 0 Å². The first-order chi connectivity index (χ1) is 11.6. The van der Waals surface area contributed by atoms with Crippen LogP contribution < -0.4 is 0 Å². The Morgan fingerprint density at radius 2 is 1.50 bits per heavy atom. The summed E-state index contributed by atoms with van der Waals surface area (Å²) < 4.78 is 0. The summed E-state index contributed by atoms with van der Waals surface area (Å²) in [5.74, 6) is -0.198. The van der Waals surface area contributed by atoms with E-state index in [0.717, 1.165) is 17.5 Å². The quantitative estimate of drug-likeness (QED) is 0.774. The highest BCUT2D eigenvalue weighted by atomic mass is 16.2. The Balaban J connectivity index is 1.88. The van der Waals surface area contributed by atoms with E-state index in [1.165, 1.54) is 6.92 Å². The van der Waals surface area contributed by atoms with E-state index in [4.69, 9.17) is 0 Å². The number of pyridine rings is 2. The minimum Gasteiger partial charge on any atom is -0.344 e. The van der Waals surface area contributed by atoms with Gasteiger partial charge in [-0.25, -0.2) is 0 Å². The van der Waals surface area contributed by atoms with Gasteiger partial charge in [-0.05, 0) is 41.8 Å². The Hall–Kier alpha value is -2.76. The number of aromatic nitrogens is 2.